The minimum Gasteiger partial charge on any atom is -0.400 e. The molecule has 1 heterocycles. The molecule has 0 atom stereocenters. The Morgan fingerprint density at radius 2 is 1.94 bits per heavy atom. The number of aliphatic imine (C=N–C) groups is 1. The van der Waals surface area contributed by atoms with Crippen molar-refractivity contribution in [1.82, 2.24) is 10.6 Å². The molecule has 0 aliphatic heterocycles. The van der Waals surface area contributed by atoms with Crippen molar-refractivity contribution in [3.05, 3.63) is 61.4 Å². The first kappa shape index (κ1) is 23.6. The second kappa shape index (κ2) is 11.0. The fourth-order valence-corrected chi connectivity index (χ4v) is 4.89. The molecule has 3 rings (SSSR count). The molecule has 5 nitrogen and oxygen atoms in total. The number of carbonyl (C=O) groups is 1. The van der Waals surface area contributed by atoms with Crippen LogP contribution in [0.15, 0.2) is 46.6 Å². The van der Waals surface area contributed by atoms with E-state index in [0.717, 1.165) is 29.0 Å². The highest BCUT2D eigenvalue weighted by atomic mass is 35.5. The van der Waals surface area contributed by atoms with Gasteiger partial charge in [-0.3, -0.25) is 0 Å². The zero-order valence-corrected chi connectivity index (χ0v) is 20.1. The summed E-state index contributed by atoms with van der Waals surface area (Å²) in [5.74, 6) is 0. The highest BCUT2D eigenvalue weighted by Gasteiger charge is 2.17. The van der Waals surface area contributed by atoms with Crippen LogP contribution in [0.4, 0.5) is 10.5 Å². The molecule has 1 aliphatic carbocycles. The van der Waals surface area contributed by atoms with Gasteiger partial charge in [-0.25, -0.2) is 9.79 Å². The van der Waals surface area contributed by atoms with Gasteiger partial charge in [0.2, 0.25) is 0 Å². The van der Waals surface area contributed by atoms with Gasteiger partial charge in [0, 0.05) is 21.6 Å². The summed E-state index contributed by atoms with van der Waals surface area (Å²) in [5, 5.41) is 6.94. The van der Waals surface area contributed by atoms with Crippen LogP contribution in [0.1, 0.15) is 48.8 Å². The first-order chi connectivity index (χ1) is 14.8. The van der Waals surface area contributed by atoms with Crippen LogP contribution in [0, 0.1) is 6.92 Å². The number of aryl methyl sites for hydroxylation is 1. The zero-order valence-electron chi connectivity index (χ0n) is 17.8. The van der Waals surface area contributed by atoms with Gasteiger partial charge in [0.15, 0.2) is 0 Å². The van der Waals surface area contributed by atoms with Crippen molar-refractivity contribution in [2.75, 3.05) is 6.54 Å². The lowest BCUT2D eigenvalue weighted by Crippen LogP contribution is -2.44. The fraction of sp³-hybridized carbons (Fsp3) is 0.391. The van der Waals surface area contributed by atoms with Gasteiger partial charge < -0.3 is 16.4 Å². The number of hydrogen-bond donors (Lipinski definition) is 3. The Labute approximate surface area is 197 Å². The molecule has 1 aliphatic rings. The lowest BCUT2D eigenvalue weighted by Gasteiger charge is -2.23. The van der Waals surface area contributed by atoms with E-state index in [1.165, 1.54) is 24.1 Å². The number of benzene rings is 1. The minimum absolute atomic E-state index is 0.186. The standard InChI is InChI=1S/C23H28Cl2N4OS/c1-14-8-11-21(31-14)22(29-20-10-9-16(24)12-18(20)25)15(2)19(26)13-27-23(30)28-17-6-4-3-5-7-17/h8-12,17H,3-7,13,26H2,1-2H3,(H2,27,28,30). The van der Waals surface area contributed by atoms with Gasteiger partial charge in [0.25, 0.3) is 0 Å². The molecule has 8 heteroatoms. The molecule has 2 amide bonds. The van der Waals surface area contributed by atoms with E-state index < -0.39 is 0 Å². The van der Waals surface area contributed by atoms with Crippen LogP contribution in [0.5, 0.6) is 0 Å². The Kier molecular flexibility index (Phi) is 8.41. The molecule has 4 N–H and O–H groups in total. The molecular formula is C23H28Cl2N4OS. The molecule has 1 aromatic heterocycles. The van der Waals surface area contributed by atoms with Crippen LogP contribution in [0.2, 0.25) is 10.0 Å². The van der Waals surface area contributed by atoms with Crippen molar-refractivity contribution in [3.8, 4) is 0 Å². The van der Waals surface area contributed by atoms with E-state index >= 15 is 0 Å². The number of urea groups is 1. The van der Waals surface area contributed by atoms with Crippen molar-refractivity contribution in [2.24, 2.45) is 10.7 Å². The minimum atomic E-state index is -0.186. The Hall–Kier alpha value is -2.02. The second-order valence-electron chi connectivity index (χ2n) is 7.78. The average molecular weight is 479 g/mol. The van der Waals surface area contributed by atoms with E-state index in [4.69, 9.17) is 33.9 Å². The van der Waals surface area contributed by atoms with E-state index in [1.54, 1.807) is 29.5 Å². The number of halogens is 2. The summed E-state index contributed by atoms with van der Waals surface area (Å²) < 4.78 is 0. The maximum atomic E-state index is 12.3. The molecule has 1 saturated carbocycles. The van der Waals surface area contributed by atoms with E-state index in [-0.39, 0.29) is 18.6 Å². The lowest BCUT2D eigenvalue weighted by atomic mass is 9.96. The second-order valence-corrected chi connectivity index (χ2v) is 9.91. The molecular weight excluding hydrogens is 451 g/mol. The number of allylic oxidation sites excluding steroid dienone is 1. The number of amides is 2. The third-order valence-corrected chi connectivity index (χ3v) is 6.88. The molecule has 1 aromatic carbocycles. The van der Waals surface area contributed by atoms with Crippen LogP contribution in [0.25, 0.3) is 0 Å². The monoisotopic (exact) mass is 478 g/mol. The Balaban J connectivity index is 1.79. The average Bonchev–Trinajstić information content (AvgIpc) is 3.17. The van der Waals surface area contributed by atoms with Gasteiger partial charge in [-0.15, -0.1) is 11.3 Å². The Morgan fingerprint density at radius 3 is 2.58 bits per heavy atom. The number of carbonyl (C=O) groups excluding carboxylic acids is 1. The summed E-state index contributed by atoms with van der Waals surface area (Å²) in [4.78, 5) is 19.2. The summed E-state index contributed by atoms with van der Waals surface area (Å²) in [6.07, 6.45) is 5.65. The highest BCUT2D eigenvalue weighted by molar-refractivity contribution is 7.14. The van der Waals surface area contributed by atoms with Crippen molar-refractivity contribution in [3.63, 3.8) is 0 Å². The molecule has 1 fully saturated rings. The summed E-state index contributed by atoms with van der Waals surface area (Å²) in [7, 11) is 0. The number of rotatable bonds is 6. The van der Waals surface area contributed by atoms with Crippen molar-refractivity contribution < 1.29 is 4.79 Å². The van der Waals surface area contributed by atoms with Gasteiger partial charge in [0.05, 0.1) is 27.8 Å². The zero-order chi connectivity index (χ0) is 22.4. The van der Waals surface area contributed by atoms with Crippen LogP contribution in [0.3, 0.4) is 0 Å². The first-order valence-corrected chi connectivity index (χ1v) is 12.0. The van der Waals surface area contributed by atoms with Crippen LogP contribution in [-0.2, 0) is 0 Å². The van der Waals surface area contributed by atoms with E-state index in [2.05, 4.69) is 10.6 Å². The van der Waals surface area contributed by atoms with Crippen LogP contribution in [-0.4, -0.2) is 24.3 Å². The number of thiophene rings is 1. The van der Waals surface area contributed by atoms with E-state index in [1.807, 2.05) is 26.0 Å². The molecule has 0 unspecified atom stereocenters. The van der Waals surface area contributed by atoms with Crippen LogP contribution >= 0.6 is 34.5 Å². The summed E-state index contributed by atoms with van der Waals surface area (Å²) in [5.41, 5.74) is 9.06. The molecule has 166 valence electrons. The third kappa shape index (κ3) is 6.73. The van der Waals surface area contributed by atoms with Crippen molar-refractivity contribution in [1.29, 1.82) is 0 Å². The number of nitrogens with one attached hydrogen (secondary N) is 2. The maximum absolute atomic E-state index is 12.3. The maximum Gasteiger partial charge on any atom is 0.315 e. The van der Waals surface area contributed by atoms with Crippen molar-refractivity contribution >= 4 is 52.0 Å². The van der Waals surface area contributed by atoms with Crippen molar-refractivity contribution in [2.45, 2.75) is 52.0 Å². The van der Waals surface area contributed by atoms with E-state index in [9.17, 15) is 4.79 Å². The molecule has 0 radical (unpaired) electrons. The number of nitrogens with zero attached hydrogens (tertiary/aromatic N) is 1. The summed E-state index contributed by atoms with van der Waals surface area (Å²) in [6.45, 7) is 4.19. The van der Waals surface area contributed by atoms with Gasteiger partial charge in [0.1, 0.15) is 0 Å². The van der Waals surface area contributed by atoms with Gasteiger partial charge in [-0.1, -0.05) is 42.5 Å². The van der Waals surface area contributed by atoms with Gasteiger partial charge >= 0.3 is 6.03 Å². The largest absolute Gasteiger partial charge is 0.400 e. The lowest BCUT2D eigenvalue weighted by molar-refractivity contribution is 0.233. The quantitative estimate of drug-likeness (QED) is 0.422. The third-order valence-electron chi connectivity index (χ3n) is 5.33. The SMILES string of the molecule is CC(C(=Nc1ccc(Cl)cc1Cl)c1ccc(C)s1)=C(N)CNC(=O)NC1CCCCC1. The molecule has 0 bridgehead atoms. The smallest absolute Gasteiger partial charge is 0.315 e. The normalized spacial score (nSPS) is 16.1. The van der Waals surface area contributed by atoms with Gasteiger partial charge in [-0.2, -0.15) is 0 Å². The Morgan fingerprint density at radius 1 is 1.19 bits per heavy atom. The molecule has 2 aromatic rings. The first-order valence-electron chi connectivity index (χ1n) is 10.4. The molecule has 0 saturated heterocycles. The highest BCUT2D eigenvalue weighted by Crippen LogP contribution is 2.31. The number of hydrogen-bond acceptors (Lipinski definition) is 4. The summed E-state index contributed by atoms with van der Waals surface area (Å²) in [6, 6.07) is 9.32. The molecule has 0 spiro atoms. The summed E-state index contributed by atoms with van der Waals surface area (Å²) >= 11 is 14.0. The fourth-order valence-electron chi connectivity index (χ4n) is 3.52. The van der Waals surface area contributed by atoms with Crippen LogP contribution < -0.4 is 16.4 Å². The van der Waals surface area contributed by atoms with Gasteiger partial charge in [-0.05, 0) is 62.6 Å². The number of nitrogens with two attached hydrogens (primary N) is 1. The Bertz CT molecular complexity index is 993. The molecule has 31 heavy (non-hydrogen) atoms. The topological polar surface area (TPSA) is 79.5 Å². The predicted molar refractivity (Wildman–Crippen MR) is 132 cm³/mol. The predicted octanol–water partition coefficient (Wildman–Crippen LogP) is 6.35. The van der Waals surface area contributed by atoms with E-state index in [0.29, 0.717) is 21.4 Å².